The molecule has 0 amide bonds. The number of H-pyrrole nitrogens is 1. The summed E-state index contributed by atoms with van der Waals surface area (Å²) in [6.45, 7) is 5.85. The number of benzene rings is 2. The Bertz CT molecular complexity index is 1170. The van der Waals surface area contributed by atoms with Gasteiger partial charge >= 0.3 is 0 Å². The van der Waals surface area contributed by atoms with Crippen LogP contribution in [-0.4, -0.2) is 25.3 Å². The molecule has 0 spiro atoms. The van der Waals surface area contributed by atoms with E-state index in [1.807, 2.05) is 31.2 Å². The highest BCUT2D eigenvalue weighted by Gasteiger charge is 2.35. The molecule has 30 heavy (non-hydrogen) atoms. The van der Waals surface area contributed by atoms with Crippen molar-refractivity contribution in [1.29, 1.82) is 0 Å². The topological polar surface area (TPSA) is 76.2 Å². The molecule has 2 aromatic carbocycles. The Morgan fingerprint density at radius 1 is 1.17 bits per heavy atom. The predicted molar refractivity (Wildman–Crippen MR) is 118 cm³/mol. The fraction of sp³-hybridized carbons (Fsp3) is 0.292. The van der Waals surface area contributed by atoms with Crippen LogP contribution >= 0.6 is 0 Å². The maximum atomic E-state index is 13.3. The van der Waals surface area contributed by atoms with Crippen LogP contribution in [0.5, 0.6) is 0 Å². The number of hydrogen-bond donors (Lipinski definition) is 1. The van der Waals surface area contributed by atoms with E-state index in [9.17, 15) is 13.2 Å². The van der Waals surface area contributed by atoms with Crippen molar-refractivity contribution >= 4 is 27.2 Å². The van der Waals surface area contributed by atoms with Gasteiger partial charge in [-0.05, 0) is 54.3 Å². The van der Waals surface area contributed by atoms with E-state index in [4.69, 9.17) is 4.74 Å². The Morgan fingerprint density at radius 2 is 1.90 bits per heavy atom. The summed E-state index contributed by atoms with van der Waals surface area (Å²) in [5, 5.41) is 0.0457. The normalized spacial score (nSPS) is 16.2. The van der Waals surface area contributed by atoms with Crippen molar-refractivity contribution in [2.75, 3.05) is 0 Å². The summed E-state index contributed by atoms with van der Waals surface area (Å²) in [6.07, 6.45) is 3.86. The molecule has 1 aliphatic rings. The Morgan fingerprint density at radius 3 is 2.53 bits per heavy atom. The van der Waals surface area contributed by atoms with E-state index in [-0.39, 0.29) is 12.9 Å². The van der Waals surface area contributed by atoms with Gasteiger partial charge in [-0.25, -0.2) is 8.42 Å². The number of aromatic amines is 1. The lowest BCUT2D eigenvalue weighted by Gasteiger charge is -2.21. The molecule has 0 aliphatic heterocycles. The number of hydrogen-bond acceptors (Lipinski definition) is 4. The highest BCUT2D eigenvalue weighted by atomic mass is 32.2. The third-order valence-corrected chi connectivity index (χ3v) is 7.87. The molecule has 1 aromatic heterocycles. The van der Waals surface area contributed by atoms with Crippen molar-refractivity contribution in [1.82, 2.24) is 4.98 Å². The van der Waals surface area contributed by atoms with Gasteiger partial charge in [0.1, 0.15) is 5.25 Å². The Labute approximate surface area is 176 Å². The van der Waals surface area contributed by atoms with Crippen molar-refractivity contribution in [2.24, 2.45) is 0 Å². The van der Waals surface area contributed by atoms with Crippen molar-refractivity contribution in [2.45, 2.75) is 42.8 Å². The molecule has 5 nitrogen and oxygen atoms in total. The van der Waals surface area contributed by atoms with E-state index in [0.717, 1.165) is 16.5 Å². The average molecular weight is 424 g/mol. The second kappa shape index (κ2) is 8.11. The van der Waals surface area contributed by atoms with Gasteiger partial charge in [-0.1, -0.05) is 48.0 Å². The van der Waals surface area contributed by atoms with Crippen molar-refractivity contribution in [3.05, 3.63) is 83.6 Å². The zero-order valence-electron chi connectivity index (χ0n) is 16.9. The average Bonchev–Trinajstić information content (AvgIpc) is 3.49. The SMILES string of the molecule is C=CC(c1ccc(C)cc1)S(=O)(=O)C(Cc1cc2ccc(C3CC3)cc2[nH]1)OC=O. The third-order valence-electron chi connectivity index (χ3n) is 5.69. The van der Waals surface area contributed by atoms with Crippen LogP contribution in [0.1, 0.15) is 46.4 Å². The number of ether oxygens (including phenoxy) is 1. The van der Waals surface area contributed by atoms with Gasteiger partial charge in [-0.3, -0.25) is 4.79 Å². The summed E-state index contributed by atoms with van der Waals surface area (Å²) in [5.41, 5.74) is 3.30. The minimum absolute atomic E-state index is 0.0463. The summed E-state index contributed by atoms with van der Waals surface area (Å²) in [6, 6.07) is 15.4. The van der Waals surface area contributed by atoms with Gasteiger partial charge in [-0.15, -0.1) is 6.58 Å². The molecular formula is C24H25NO4S. The molecule has 0 bridgehead atoms. The molecule has 1 saturated carbocycles. The standard InChI is InChI=1S/C24H25NO4S/c1-3-23(18-6-4-16(2)5-7-18)30(27,28)24(29-15-26)14-21-12-20-11-10-19(17-8-9-17)13-22(20)25-21/h3-7,10-13,15,17,23-25H,1,8-9,14H2,2H3. The van der Waals surface area contributed by atoms with E-state index in [2.05, 4.69) is 23.7 Å². The second-order valence-electron chi connectivity index (χ2n) is 7.94. The van der Waals surface area contributed by atoms with Crippen LogP contribution in [0.3, 0.4) is 0 Å². The number of carbonyl (C=O) groups is 1. The van der Waals surface area contributed by atoms with Gasteiger partial charge < -0.3 is 9.72 Å². The zero-order chi connectivity index (χ0) is 21.3. The van der Waals surface area contributed by atoms with Crippen molar-refractivity contribution in [3.63, 3.8) is 0 Å². The van der Waals surface area contributed by atoms with E-state index in [0.29, 0.717) is 17.2 Å². The molecular weight excluding hydrogens is 398 g/mol. The maximum Gasteiger partial charge on any atom is 0.294 e. The molecule has 0 saturated heterocycles. The summed E-state index contributed by atoms with van der Waals surface area (Å²) in [4.78, 5) is 14.4. The van der Waals surface area contributed by atoms with Gasteiger partial charge in [0, 0.05) is 17.6 Å². The number of aromatic nitrogens is 1. The van der Waals surface area contributed by atoms with E-state index >= 15 is 0 Å². The van der Waals surface area contributed by atoms with Crippen LogP contribution in [0.15, 0.2) is 61.2 Å². The smallest absolute Gasteiger partial charge is 0.294 e. The molecule has 6 heteroatoms. The molecule has 156 valence electrons. The lowest BCUT2D eigenvalue weighted by atomic mass is 10.1. The van der Waals surface area contributed by atoms with Gasteiger partial charge in [0.25, 0.3) is 6.47 Å². The summed E-state index contributed by atoms with van der Waals surface area (Å²) in [5.74, 6) is 0.635. The first kappa shape index (κ1) is 20.4. The number of carbonyl (C=O) groups excluding carboxylic acids is 1. The minimum atomic E-state index is -3.88. The lowest BCUT2D eigenvalue weighted by Crippen LogP contribution is -2.30. The van der Waals surface area contributed by atoms with Crippen LogP contribution in [0.4, 0.5) is 0 Å². The van der Waals surface area contributed by atoms with E-state index in [1.54, 1.807) is 12.1 Å². The van der Waals surface area contributed by atoms with Crippen LogP contribution < -0.4 is 0 Å². The van der Waals surface area contributed by atoms with Gasteiger partial charge in [0.15, 0.2) is 9.84 Å². The van der Waals surface area contributed by atoms with E-state index in [1.165, 1.54) is 24.5 Å². The molecule has 2 unspecified atom stereocenters. The quantitative estimate of drug-likeness (QED) is 0.398. The first-order valence-electron chi connectivity index (χ1n) is 10.0. The van der Waals surface area contributed by atoms with Gasteiger partial charge in [0.2, 0.25) is 5.44 Å². The molecule has 4 rings (SSSR count). The number of sulfone groups is 1. The highest BCUT2D eigenvalue weighted by molar-refractivity contribution is 7.92. The fourth-order valence-corrected chi connectivity index (χ4v) is 5.59. The van der Waals surface area contributed by atoms with Crippen molar-refractivity contribution in [3.8, 4) is 0 Å². The molecule has 0 radical (unpaired) electrons. The highest BCUT2D eigenvalue weighted by Crippen LogP contribution is 2.41. The Kier molecular flexibility index (Phi) is 5.52. The van der Waals surface area contributed by atoms with Crippen LogP contribution in [0.25, 0.3) is 10.9 Å². The molecule has 1 N–H and O–H groups in total. The molecule has 3 aromatic rings. The van der Waals surface area contributed by atoms with Gasteiger partial charge in [0.05, 0.1) is 0 Å². The largest absolute Gasteiger partial charge is 0.448 e. The third kappa shape index (κ3) is 4.05. The number of aryl methyl sites for hydroxylation is 1. The second-order valence-corrected chi connectivity index (χ2v) is 10.1. The van der Waals surface area contributed by atoms with E-state index < -0.39 is 20.5 Å². The summed E-state index contributed by atoms with van der Waals surface area (Å²) >= 11 is 0. The van der Waals surface area contributed by atoms with Crippen molar-refractivity contribution < 1.29 is 17.9 Å². The molecule has 1 heterocycles. The minimum Gasteiger partial charge on any atom is -0.448 e. The predicted octanol–water partition coefficient (Wildman–Crippen LogP) is 4.74. The first-order chi connectivity index (χ1) is 14.4. The van der Waals surface area contributed by atoms with Gasteiger partial charge in [-0.2, -0.15) is 0 Å². The summed E-state index contributed by atoms with van der Waals surface area (Å²) < 4.78 is 31.7. The Balaban J connectivity index is 1.63. The maximum absolute atomic E-state index is 13.3. The number of rotatable bonds is 9. The number of nitrogens with one attached hydrogen (secondary N) is 1. The van der Waals surface area contributed by atoms with Crippen LogP contribution in [-0.2, 0) is 25.8 Å². The molecule has 1 fully saturated rings. The van der Waals surface area contributed by atoms with Crippen LogP contribution in [0.2, 0.25) is 0 Å². The number of fused-ring (bicyclic) bond motifs is 1. The summed E-state index contributed by atoms with van der Waals surface area (Å²) in [7, 11) is -3.88. The first-order valence-corrected chi connectivity index (χ1v) is 11.7. The fourth-order valence-electron chi connectivity index (χ4n) is 3.85. The molecule has 2 atom stereocenters. The molecule has 1 aliphatic carbocycles. The lowest BCUT2D eigenvalue weighted by molar-refractivity contribution is -0.130. The van der Waals surface area contributed by atoms with Crippen LogP contribution in [0, 0.1) is 6.92 Å². The monoisotopic (exact) mass is 423 g/mol. The Hall–Kier alpha value is -2.86. The zero-order valence-corrected chi connectivity index (χ0v) is 17.7.